The monoisotopic (exact) mass is 393 g/mol. The summed E-state index contributed by atoms with van der Waals surface area (Å²) in [5.41, 5.74) is 0.924. The van der Waals surface area contributed by atoms with Crippen LogP contribution in [0, 0.1) is 0 Å². The first kappa shape index (κ1) is 18.5. The summed E-state index contributed by atoms with van der Waals surface area (Å²) in [5.74, 6) is 0.516. The molecular formula is C20H19N5O4. The second kappa shape index (κ2) is 7.63. The molecule has 1 aromatic heterocycles. The minimum absolute atomic E-state index is 0.139. The predicted molar refractivity (Wildman–Crippen MR) is 105 cm³/mol. The zero-order valence-corrected chi connectivity index (χ0v) is 15.7. The van der Waals surface area contributed by atoms with Gasteiger partial charge in [0.25, 0.3) is 0 Å². The van der Waals surface area contributed by atoms with Gasteiger partial charge in [-0.3, -0.25) is 9.69 Å². The van der Waals surface area contributed by atoms with Gasteiger partial charge in [0.1, 0.15) is 12.3 Å². The SMILES string of the molecule is COc1cccc(N2Cc3nc(=O)n(CC(=O)NCc4ccccc4)n3C2=O)c1. The van der Waals surface area contributed by atoms with E-state index < -0.39 is 11.7 Å². The lowest BCUT2D eigenvalue weighted by molar-refractivity contribution is -0.122. The Balaban J connectivity index is 1.51. The van der Waals surface area contributed by atoms with Crippen molar-refractivity contribution in [2.75, 3.05) is 12.0 Å². The van der Waals surface area contributed by atoms with Gasteiger partial charge in [0.2, 0.25) is 5.91 Å². The number of anilines is 1. The third-order valence-corrected chi connectivity index (χ3v) is 4.63. The van der Waals surface area contributed by atoms with Crippen molar-refractivity contribution >= 4 is 17.6 Å². The molecule has 2 heterocycles. The van der Waals surface area contributed by atoms with Crippen LogP contribution < -0.4 is 20.6 Å². The van der Waals surface area contributed by atoms with Crippen molar-refractivity contribution in [1.29, 1.82) is 0 Å². The number of hydrogen-bond acceptors (Lipinski definition) is 5. The van der Waals surface area contributed by atoms with Gasteiger partial charge in [-0.2, -0.15) is 9.67 Å². The molecule has 0 saturated heterocycles. The molecule has 3 aromatic rings. The van der Waals surface area contributed by atoms with E-state index in [1.807, 2.05) is 30.3 Å². The van der Waals surface area contributed by atoms with E-state index in [0.29, 0.717) is 23.8 Å². The lowest BCUT2D eigenvalue weighted by Crippen LogP contribution is -2.38. The smallest absolute Gasteiger partial charge is 0.365 e. The summed E-state index contributed by atoms with van der Waals surface area (Å²) >= 11 is 0. The van der Waals surface area contributed by atoms with Crippen molar-refractivity contribution in [3.05, 3.63) is 76.5 Å². The Hall–Kier alpha value is -3.88. The summed E-state index contributed by atoms with van der Waals surface area (Å²) in [6.07, 6.45) is 0. The second-order valence-corrected chi connectivity index (χ2v) is 6.51. The fraction of sp³-hybridized carbons (Fsp3) is 0.200. The first-order chi connectivity index (χ1) is 14.1. The number of aromatic nitrogens is 3. The number of hydrogen-bond donors (Lipinski definition) is 1. The maximum Gasteiger partial charge on any atom is 0.365 e. The Bertz CT molecular complexity index is 1120. The van der Waals surface area contributed by atoms with Crippen LogP contribution in [0.1, 0.15) is 11.4 Å². The Morgan fingerprint density at radius 3 is 2.69 bits per heavy atom. The topological polar surface area (TPSA) is 98.5 Å². The van der Waals surface area contributed by atoms with E-state index in [1.165, 1.54) is 4.90 Å². The number of carbonyl (C=O) groups excluding carboxylic acids is 2. The molecule has 0 radical (unpaired) electrons. The molecule has 1 aliphatic rings. The highest BCUT2D eigenvalue weighted by atomic mass is 16.5. The number of fused-ring (bicyclic) bond motifs is 1. The summed E-state index contributed by atoms with van der Waals surface area (Å²) < 4.78 is 7.41. The fourth-order valence-corrected chi connectivity index (χ4v) is 3.19. The van der Waals surface area contributed by atoms with E-state index in [1.54, 1.807) is 31.4 Å². The lowest BCUT2D eigenvalue weighted by atomic mass is 10.2. The molecule has 1 N–H and O–H groups in total. The molecule has 0 fully saturated rings. The van der Waals surface area contributed by atoms with Crippen LogP contribution >= 0.6 is 0 Å². The van der Waals surface area contributed by atoms with Crippen LogP contribution in [0.25, 0.3) is 0 Å². The molecular weight excluding hydrogens is 374 g/mol. The Morgan fingerprint density at radius 2 is 1.93 bits per heavy atom. The predicted octanol–water partition coefficient (Wildman–Crippen LogP) is 1.36. The van der Waals surface area contributed by atoms with Crippen molar-refractivity contribution in [2.45, 2.75) is 19.6 Å². The molecule has 0 spiro atoms. The molecule has 0 saturated carbocycles. The minimum atomic E-state index is -0.631. The number of nitrogens with one attached hydrogen (secondary N) is 1. The third kappa shape index (κ3) is 3.62. The number of amides is 2. The Labute approximate surface area is 166 Å². The van der Waals surface area contributed by atoms with E-state index in [-0.39, 0.29) is 19.0 Å². The van der Waals surface area contributed by atoms with Gasteiger partial charge in [-0.05, 0) is 17.7 Å². The molecule has 0 aliphatic carbocycles. The molecule has 2 aromatic carbocycles. The van der Waals surface area contributed by atoms with Crippen LogP contribution in [0.15, 0.2) is 59.4 Å². The van der Waals surface area contributed by atoms with Crippen LogP contribution in [0.4, 0.5) is 10.5 Å². The van der Waals surface area contributed by atoms with Crippen LogP contribution in [-0.4, -0.2) is 33.4 Å². The van der Waals surface area contributed by atoms with E-state index in [0.717, 1.165) is 14.9 Å². The summed E-state index contributed by atoms with van der Waals surface area (Å²) in [4.78, 5) is 42.8. The highest BCUT2D eigenvalue weighted by molar-refractivity contribution is 5.96. The van der Waals surface area contributed by atoms with Crippen LogP contribution in [-0.2, 0) is 24.4 Å². The third-order valence-electron chi connectivity index (χ3n) is 4.63. The minimum Gasteiger partial charge on any atom is -0.497 e. The number of carbonyl (C=O) groups is 2. The maximum absolute atomic E-state index is 12.9. The van der Waals surface area contributed by atoms with Crippen molar-refractivity contribution < 1.29 is 14.3 Å². The van der Waals surface area contributed by atoms with Gasteiger partial charge >= 0.3 is 11.7 Å². The lowest BCUT2D eigenvalue weighted by Gasteiger charge is -2.16. The molecule has 29 heavy (non-hydrogen) atoms. The number of methoxy groups -OCH3 is 1. The van der Waals surface area contributed by atoms with Crippen molar-refractivity contribution in [2.24, 2.45) is 0 Å². The van der Waals surface area contributed by atoms with Crippen LogP contribution in [0.2, 0.25) is 0 Å². The van der Waals surface area contributed by atoms with Gasteiger partial charge in [0.15, 0.2) is 5.82 Å². The number of benzene rings is 2. The van der Waals surface area contributed by atoms with Gasteiger partial charge in [-0.25, -0.2) is 14.3 Å². The molecule has 4 rings (SSSR count). The number of ether oxygens (including phenoxy) is 1. The number of rotatable bonds is 6. The molecule has 9 heteroatoms. The zero-order chi connectivity index (χ0) is 20.4. The largest absolute Gasteiger partial charge is 0.497 e. The first-order valence-electron chi connectivity index (χ1n) is 9.02. The average molecular weight is 393 g/mol. The van der Waals surface area contributed by atoms with E-state index in [2.05, 4.69) is 10.3 Å². The second-order valence-electron chi connectivity index (χ2n) is 6.51. The van der Waals surface area contributed by atoms with Crippen molar-refractivity contribution in [3.63, 3.8) is 0 Å². The molecule has 0 bridgehead atoms. The molecule has 2 amide bonds. The van der Waals surface area contributed by atoms with Crippen molar-refractivity contribution in [1.82, 2.24) is 19.7 Å². The normalized spacial score (nSPS) is 12.7. The quantitative estimate of drug-likeness (QED) is 0.682. The molecule has 148 valence electrons. The maximum atomic E-state index is 12.9. The summed E-state index contributed by atoms with van der Waals surface area (Å²) in [7, 11) is 1.54. The average Bonchev–Trinajstić information content (AvgIpc) is 3.22. The first-order valence-corrected chi connectivity index (χ1v) is 9.02. The zero-order valence-electron chi connectivity index (χ0n) is 15.7. The van der Waals surface area contributed by atoms with Gasteiger partial charge in [0, 0.05) is 18.3 Å². The van der Waals surface area contributed by atoms with Gasteiger partial charge < -0.3 is 10.1 Å². The van der Waals surface area contributed by atoms with Crippen LogP contribution in [0.5, 0.6) is 5.75 Å². The highest BCUT2D eigenvalue weighted by Crippen LogP contribution is 2.26. The number of nitrogens with zero attached hydrogens (tertiary/aromatic N) is 4. The Morgan fingerprint density at radius 1 is 1.14 bits per heavy atom. The highest BCUT2D eigenvalue weighted by Gasteiger charge is 2.33. The molecule has 1 aliphatic heterocycles. The van der Waals surface area contributed by atoms with E-state index >= 15 is 0 Å². The standard InChI is InChI=1S/C20H19N5O4/c1-29-16-9-5-8-15(10-16)23-12-17-22-19(27)24(25(17)20(23)28)13-18(26)21-11-14-6-3-2-4-7-14/h2-10H,11-13H2,1H3,(H,21,26). The Kier molecular flexibility index (Phi) is 4.86. The molecule has 0 unspecified atom stereocenters. The van der Waals surface area contributed by atoms with E-state index in [9.17, 15) is 14.4 Å². The summed E-state index contributed by atoms with van der Waals surface area (Å²) in [6, 6.07) is 16.0. The summed E-state index contributed by atoms with van der Waals surface area (Å²) in [5, 5.41) is 2.75. The van der Waals surface area contributed by atoms with Gasteiger partial charge in [0.05, 0.1) is 13.7 Å². The molecule has 0 atom stereocenters. The van der Waals surface area contributed by atoms with Crippen molar-refractivity contribution in [3.8, 4) is 5.75 Å². The fourth-order valence-electron chi connectivity index (χ4n) is 3.19. The van der Waals surface area contributed by atoms with Gasteiger partial charge in [-0.15, -0.1) is 0 Å². The van der Waals surface area contributed by atoms with Crippen LogP contribution in [0.3, 0.4) is 0 Å². The van der Waals surface area contributed by atoms with E-state index in [4.69, 9.17) is 4.74 Å². The summed E-state index contributed by atoms with van der Waals surface area (Å²) in [6.45, 7) is 0.176. The van der Waals surface area contributed by atoms with Gasteiger partial charge in [-0.1, -0.05) is 36.4 Å². The molecule has 9 nitrogen and oxygen atoms in total.